The van der Waals surface area contributed by atoms with E-state index in [0.717, 1.165) is 11.9 Å². The first-order valence-corrected chi connectivity index (χ1v) is 8.20. The van der Waals surface area contributed by atoms with E-state index in [1.54, 1.807) is 0 Å². The van der Waals surface area contributed by atoms with Gasteiger partial charge in [0.2, 0.25) is 0 Å². The summed E-state index contributed by atoms with van der Waals surface area (Å²) >= 11 is 0. The molecule has 0 atom stereocenters. The van der Waals surface area contributed by atoms with E-state index < -0.39 is 0 Å². The monoisotopic (exact) mass is 301 g/mol. The molecule has 0 saturated carbocycles. The third-order valence-corrected chi connectivity index (χ3v) is 4.72. The molecule has 1 heterocycles. The summed E-state index contributed by atoms with van der Waals surface area (Å²) in [5, 5.41) is 0. The van der Waals surface area contributed by atoms with Gasteiger partial charge in [-0.3, -0.25) is 0 Å². The molecule has 0 amide bonds. The zero-order chi connectivity index (χ0) is 16.8. The van der Waals surface area contributed by atoms with Crippen molar-refractivity contribution >= 4 is 12.6 Å². The van der Waals surface area contributed by atoms with Crippen molar-refractivity contribution in [2.45, 2.75) is 73.0 Å². The summed E-state index contributed by atoms with van der Waals surface area (Å²) in [5.41, 5.74) is 2.13. The summed E-state index contributed by atoms with van der Waals surface area (Å²) in [7, 11) is -0.276. The predicted octanol–water partition coefficient (Wildman–Crippen LogP) is 4.36. The average Bonchev–Trinajstić information content (AvgIpc) is 2.56. The van der Waals surface area contributed by atoms with Crippen LogP contribution in [0.3, 0.4) is 0 Å². The second-order valence-corrected chi connectivity index (χ2v) is 8.73. The molecule has 1 aromatic carbocycles. The van der Waals surface area contributed by atoms with Gasteiger partial charge in [0, 0.05) is 5.92 Å². The first-order chi connectivity index (χ1) is 9.91. The van der Waals surface area contributed by atoms with Crippen LogP contribution in [-0.2, 0) is 9.31 Å². The Morgan fingerprint density at radius 2 is 1.41 bits per heavy atom. The molecule has 0 aromatic heterocycles. The van der Waals surface area contributed by atoms with Gasteiger partial charge < -0.3 is 9.31 Å². The average molecular weight is 301 g/mol. The summed E-state index contributed by atoms with van der Waals surface area (Å²) in [5.74, 6) is 1.42. The zero-order valence-corrected chi connectivity index (χ0v) is 15.4. The van der Waals surface area contributed by atoms with Crippen molar-refractivity contribution < 1.29 is 9.31 Å². The van der Waals surface area contributed by atoms with Crippen LogP contribution in [-0.4, -0.2) is 18.3 Å². The molecule has 1 aliphatic heterocycles. The third kappa shape index (κ3) is 3.75. The lowest BCUT2D eigenvalue weighted by Crippen LogP contribution is -2.41. The topological polar surface area (TPSA) is 18.5 Å². The van der Waals surface area contributed by atoms with Crippen LogP contribution in [0.15, 0.2) is 24.3 Å². The van der Waals surface area contributed by atoms with E-state index in [1.165, 1.54) is 11.5 Å². The van der Waals surface area contributed by atoms with Gasteiger partial charge >= 0.3 is 7.12 Å². The Hall–Kier alpha value is -0.795. The maximum Gasteiger partial charge on any atom is 0.494 e. The summed E-state index contributed by atoms with van der Waals surface area (Å²) in [6.45, 7) is 17.4. The second kappa shape index (κ2) is 5.69. The molecule has 0 unspecified atom stereocenters. The summed E-state index contributed by atoms with van der Waals surface area (Å²) in [6, 6.07) is 8.62. The van der Waals surface area contributed by atoms with Gasteiger partial charge in [0.1, 0.15) is 0 Å². The quantitative estimate of drug-likeness (QED) is 0.772. The maximum atomic E-state index is 6.10. The number of hydrogen-bond acceptors (Lipinski definition) is 2. The molecule has 1 fully saturated rings. The second-order valence-electron chi connectivity index (χ2n) is 8.73. The molecule has 2 rings (SSSR count). The van der Waals surface area contributed by atoms with E-state index >= 15 is 0 Å². The fourth-order valence-electron chi connectivity index (χ4n) is 2.80. The van der Waals surface area contributed by atoms with Crippen LogP contribution >= 0.6 is 0 Å². The van der Waals surface area contributed by atoms with Crippen molar-refractivity contribution in [2.75, 3.05) is 0 Å². The normalized spacial score (nSPS) is 20.7. The van der Waals surface area contributed by atoms with Crippen molar-refractivity contribution in [3.05, 3.63) is 35.7 Å². The Bertz CT molecular complexity index is 495. The molecule has 0 spiro atoms. The molecule has 0 N–H and O–H groups in total. The van der Waals surface area contributed by atoms with Crippen LogP contribution in [0.2, 0.25) is 0 Å². The van der Waals surface area contributed by atoms with Crippen molar-refractivity contribution in [1.29, 1.82) is 0 Å². The fraction of sp³-hybridized carbons (Fsp3) is 0.632. The van der Waals surface area contributed by atoms with Crippen molar-refractivity contribution in [3.8, 4) is 0 Å². The lowest BCUT2D eigenvalue weighted by atomic mass is 9.77. The molecule has 1 radical (unpaired) electrons. The summed E-state index contributed by atoms with van der Waals surface area (Å²) in [6.07, 6.45) is 1.10. The standard InChI is InChI=1S/C19H30BO2/c1-14(13-17(2,3)4)15-9-11-16(12-10-15)20-21-18(5,6)19(7,8)22-20/h9-12H,13H2,1-8H3. The molecule has 0 bridgehead atoms. The van der Waals surface area contributed by atoms with Gasteiger partial charge in [-0.25, -0.2) is 0 Å². The van der Waals surface area contributed by atoms with E-state index in [0.29, 0.717) is 5.41 Å². The number of rotatable bonds is 3. The highest BCUT2D eigenvalue weighted by Gasteiger charge is 2.51. The third-order valence-electron chi connectivity index (χ3n) is 4.72. The van der Waals surface area contributed by atoms with Crippen LogP contribution in [0.5, 0.6) is 0 Å². The van der Waals surface area contributed by atoms with Crippen LogP contribution in [0.25, 0.3) is 0 Å². The Balaban J connectivity index is 2.10. The van der Waals surface area contributed by atoms with Crippen molar-refractivity contribution in [2.24, 2.45) is 5.41 Å². The molecule has 2 nitrogen and oxygen atoms in total. The van der Waals surface area contributed by atoms with E-state index in [-0.39, 0.29) is 18.3 Å². The van der Waals surface area contributed by atoms with E-state index in [4.69, 9.17) is 9.31 Å². The lowest BCUT2D eigenvalue weighted by Gasteiger charge is -2.32. The maximum absolute atomic E-state index is 6.10. The van der Waals surface area contributed by atoms with Gasteiger partial charge in [-0.15, -0.1) is 0 Å². The Kier molecular flexibility index (Phi) is 4.54. The molecule has 1 saturated heterocycles. The molecule has 22 heavy (non-hydrogen) atoms. The highest BCUT2D eigenvalue weighted by atomic mass is 16.7. The van der Waals surface area contributed by atoms with E-state index in [9.17, 15) is 0 Å². The Labute approximate surface area is 136 Å². The molecule has 1 aliphatic rings. The van der Waals surface area contributed by atoms with Gasteiger partial charge in [-0.05, 0) is 50.6 Å². The zero-order valence-electron chi connectivity index (χ0n) is 15.4. The molecule has 0 aliphatic carbocycles. The Morgan fingerprint density at radius 1 is 0.955 bits per heavy atom. The predicted molar refractivity (Wildman–Crippen MR) is 94.2 cm³/mol. The smallest absolute Gasteiger partial charge is 0.399 e. The number of benzene rings is 1. The van der Waals surface area contributed by atoms with Gasteiger partial charge in [0.15, 0.2) is 0 Å². The summed E-state index contributed by atoms with van der Waals surface area (Å²) in [4.78, 5) is 0. The van der Waals surface area contributed by atoms with E-state index in [1.807, 2.05) is 0 Å². The minimum absolute atomic E-state index is 0.276. The summed E-state index contributed by atoms with van der Waals surface area (Å²) < 4.78 is 12.2. The van der Waals surface area contributed by atoms with Crippen LogP contribution < -0.4 is 5.46 Å². The fourth-order valence-corrected chi connectivity index (χ4v) is 2.80. The number of hydrogen-bond donors (Lipinski definition) is 0. The largest absolute Gasteiger partial charge is 0.494 e. The van der Waals surface area contributed by atoms with Gasteiger partial charge in [0.05, 0.1) is 11.2 Å². The van der Waals surface area contributed by atoms with E-state index in [2.05, 4.69) is 79.7 Å². The molecular weight excluding hydrogens is 271 g/mol. The van der Waals surface area contributed by atoms with Gasteiger partial charge in [0.25, 0.3) is 0 Å². The molecule has 1 aromatic rings. The SMILES string of the molecule is C[C](CC(C)(C)C)c1ccc(B2OC(C)(C)C(C)(C)O2)cc1. The van der Waals surface area contributed by atoms with Gasteiger partial charge in [-0.2, -0.15) is 0 Å². The highest BCUT2D eigenvalue weighted by molar-refractivity contribution is 6.62. The molecular formula is C19H30BO2. The highest BCUT2D eigenvalue weighted by Crippen LogP contribution is 2.36. The molecule has 3 heteroatoms. The molecule has 121 valence electrons. The minimum Gasteiger partial charge on any atom is -0.399 e. The van der Waals surface area contributed by atoms with Crippen LogP contribution in [0.4, 0.5) is 0 Å². The van der Waals surface area contributed by atoms with Crippen molar-refractivity contribution in [3.63, 3.8) is 0 Å². The minimum atomic E-state index is -0.287. The van der Waals surface area contributed by atoms with Crippen LogP contribution in [0.1, 0.15) is 67.4 Å². The first-order valence-electron chi connectivity index (χ1n) is 8.20. The Morgan fingerprint density at radius 3 is 1.82 bits per heavy atom. The first kappa shape index (κ1) is 17.6. The lowest BCUT2D eigenvalue weighted by molar-refractivity contribution is 0.00578. The van der Waals surface area contributed by atoms with Crippen LogP contribution in [0, 0.1) is 11.3 Å². The van der Waals surface area contributed by atoms with Gasteiger partial charge in [-0.1, -0.05) is 52.0 Å². The van der Waals surface area contributed by atoms with Crippen molar-refractivity contribution in [1.82, 2.24) is 0 Å².